The average Bonchev–Trinajstić information content (AvgIpc) is 2.25. The number of rotatable bonds is 4. The summed E-state index contributed by atoms with van der Waals surface area (Å²) in [7, 11) is 1.40. The van der Waals surface area contributed by atoms with E-state index in [0.717, 1.165) is 25.7 Å². The van der Waals surface area contributed by atoms with Crippen molar-refractivity contribution in [3.8, 4) is 0 Å². The Morgan fingerprint density at radius 2 is 2.14 bits per heavy atom. The number of aliphatic hydroxyl groups excluding tert-OH is 1. The van der Waals surface area contributed by atoms with E-state index >= 15 is 0 Å². The minimum atomic E-state index is -0.187. The predicted octanol–water partition coefficient (Wildman–Crippen LogP) is 0.727. The smallest absolute Gasteiger partial charge is 0.311 e. The number of ether oxygens (including phenoxy) is 2. The minimum Gasteiger partial charge on any atom is -0.469 e. The van der Waals surface area contributed by atoms with Crippen LogP contribution >= 0.6 is 0 Å². The van der Waals surface area contributed by atoms with E-state index in [-0.39, 0.29) is 24.6 Å². The summed E-state index contributed by atoms with van der Waals surface area (Å²) in [4.78, 5) is 11.4. The highest BCUT2D eigenvalue weighted by Crippen LogP contribution is 2.27. The normalized spacial score (nSPS) is 27.3. The van der Waals surface area contributed by atoms with Crippen LogP contribution in [-0.4, -0.2) is 37.5 Å². The van der Waals surface area contributed by atoms with Gasteiger partial charge in [0, 0.05) is 0 Å². The molecule has 0 spiro atoms. The number of hydrogen-bond acceptors (Lipinski definition) is 4. The van der Waals surface area contributed by atoms with Crippen LogP contribution in [0.3, 0.4) is 0 Å². The van der Waals surface area contributed by atoms with Gasteiger partial charge in [-0.2, -0.15) is 0 Å². The van der Waals surface area contributed by atoms with Crippen molar-refractivity contribution in [2.45, 2.75) is 31.8 Å². The summed E-state index contributed by atoms with van der Waals surface area (Å²) >= 11 is 0. The molecule has 4 nitrogen and oxygen atoms in total. The fraction of sp³-hybridized carbons (Fsp3) is 0.900. The molecule has 0 bridgehead atoms. The fourth-order valence-corrected chi connectivity index (χ4v) is 1.92. The molecule has 0 saturated heterocycles. The van der Waals surface area contributed by atoms with Crippen molar-refractivity contribution in [2.24, 2.45) is 5.92 Å². The van der Waals surface area contributed by atoms with Crippen molar-refractivity contribution in [3.63, 3.8) is 0 Å². The number of aliphatic hydroxyl groups is 1. The molecule has 0 aromatic carbocycles. The van der Waals surface area contributed by atoms with Crippen LogP contribution in [0, 0.1) is 5.92 Å². The molecule has 1 aliphatic carbocycles. The fourth-order valence-electron chi connectivity index (χ4n) is 1.92. The van der Waals surface area contributed by atoms with Crippen LogP contribution in [0.5, 0.6) is 0 Å². The molecule has 0 amide bonds. The summed E-state index contributed by atoms with van der Waals surface area (Å²) in [6.45, 7) is 0.308. The second kappa shape index (κ2) is 5.98. The molecule has 1 fully saturated rings. The van der Waals surface area contributed by atoms with Gasteiger partial charge in [0.05, 0.1) is 32.3 Å². The Morgan fingerprint density at radius 3 is 2.79 bits per heavy atom. The number of carbonyl (C=O) groups is 1. The first-order valence-electron chi connectivity index (χ1n) is 5.10. The lowest BCUT2D eigenvalue weighted by Crippen LogP contribution is -2.35. The lowest BCUT2D eigenvalue weighted by atomic mass is 9.86. The van der Waals surface area contributed by atoms with Gasteiger partial charge >= 0.3 is 5.97 Å². The van der Waals surface area contributed by atoms with Gasteiger partial charge in [-0.1, -0.05) is 12.8 Å². The summed E-state index contributed by atoms with van der Waals surface area (Å²) < 4.78 is 10.1. The Hall–Kier alpha value is -0.610. The highest BCUT2D eigenvalue weighted by molar-refractivity contribution is 5.73. The molecule has 0 aromatic rings. The predicted molar refractivity (Wildman–Crippen MR) is 50.8 cm³/mol. The maximum absolute atomic E-state index is 11.4. The number of esters is 1. The Morgan fingerprint density at radius 1 is 1.43 bits per heavy atom. The van der Waals surface area contributed by atoms with Gasteiger partial charge in [0.2, 0.25) is 0 Å². The zero-order valence-corrected chi connectivity index (χ0v) is 8.57. The van der Waals surface area contributed by atoms with Crippen molar-refractivity contribution < 1.29 is 19.4 Å². The molecule has 2 atom stereocenters. The van der Waals surface area contributed by atoms with E-state index < -0.39 is 0 Å². The molecule has 1 rings (SSSR count). The van der Waals surface area contributed by atoms with E-state index in [9.17, 15) is 4.79 Å². The van der Waals surface area contributed by atoms with Gasteiger partial charge in [0.1, 0.15) is 0 Å². The molecule has 0 radical (unpaired) electrons. The van der Waals surface area contributed by atoms with E-state index in [4.69, 9.17) is 14.6 Å². The van der Waals surface area contributed by atoms with E-state index in [1.165, 1.54) is 7.11 Å². The molecule has 1 aliphatic rings. The Labute approximate surface area is 84.2 Å². The SMILES string of the molecule is COC(=O)C1CCCCC1OCCO. The van der Waals surface area contributed by atoms with E-state index in [1.807, 2.05) is 0 Å². The first kappa shape index (κ1) is 11.5. The third-order valence-electron chi connectivity index (χ3n) is 2.63. The highest BCUT2D eigenvalue weighted by atomic mass is 16.5. The number of hydrogen-bond donors (Lipinski definition) is 1. The van der Waals surface area contributed by atoms with Gasteiger partial charge in [-0.3, -0.25) is 4.79 Å². The molecular formula is C10H18O4. The van der Waals surface area contributed by atoms with Crippen LogP contribution in [0.4, 0.5) is 0 Å². The standard InChI is InChI=1S/C10H18O4/c1-13-10(12)8-4-2-3-5-9(8)14-7-6-11/h8-9,11H,2-7H2,1H3. The average molecular weight is 202 g/mol. The monoisotopic (exact) mass is 202 g/mol. The lowest BCUT2D eigenvalue weighted by Gasteiger charge is -2.29. The maximum atomic E-state index is 11.4. The molecule has 1 saturated carbocycles. The van der Waals surface area contributed by atoms with Gasteiger partial charge in [-0.15, -0.1) is 0 Å². The van der Waals surface area contributed by atoms with Crippen LogP contribution in [-0.2, 0) is 14.3 Å². The Bertz CT molecular complexity index is 181. The Kier molecular flexibility index (Phi) is 4.90. The summed E-state index contributed by atoms with van der Waals surface area (Å²) in [5.41, 5.74) is 0. The van der Waals surface area contributed by atoms with Crippen molar-refractivity contribution in [1.82, 2.24) is 0 Å². The van der Waals surface area contributed by atoms with Crippen LogP contribution in [0.2, 0.25) is 0 Å². The van der Waals surface area contributed by atoms with Gasteiger partial charge < -0.3 is 14.6 Å². The molecule has 82 valence electrons. The van der Waals surface area contributed by atoms with Crippen LogP contribution in [0.25, 0.3) is 0 Å². The molecule has 2 unspecified atom stereocenters. The quantitative estimate of drug-likeness (QED) is 0.683. The molecule has 0 aliphatic heterocycles. The zero-order chi connectivity index (χ0) is 10.4. The van der Waals surface area contributed by atoms with Crippen molar-refractivity contribution >= 4 is 5.97 Å². The zero-order valence-electron chi connectivity index (χ0n) is 8.57. The third-order valence-corrected chi connectivity index (χ3v) is 2.63. The third kappa shape index (κ3) is 2.96. The van der Waals surface area contributed by atoms with Crippen molar-refractivity contribution in [2.75, 3.05) is 20.3 Å². The molecule has 1 N–H and O–H groups in total. The summed E-state index contributed by atoms with van der Waals surface area (Å²) in [6.07, 6.45) is 3.80. The molecule has 0 heterocycles. The lowest BCUT2D eigenvalue weighted by molar-refractivity contribution is -0.153. The molecule has 0 aromatic heterocycles. The number of carbonyl (C=O) groups excluding carboxylic acids is 1. The largest absolute Gasteiger partial charge is 0.469 e. The molecular weight excluding hydrogens is 184 g/mol. The summed E-state index contributed by atoms with van der Waals surface area (Å²) in [6, 6.07) is 0. The van der Waals surface area contributed by atoms with E-state index in [0.29, 0.717) is 6.61 Å². The second-order valence-corrected chi connectivity index (χ2v) is 3.55. The van der Waals surface area contributed by atoms with Gasteiger partial charge in [-0.05, 0) is 12.8 Å². The van der Waals surface area contributed by atoms with Crippen LogP contribution in [0.15, 0.2) is 0 Å². The first-order valence-corrected chi connectivity index (χ1v) is 5.10. The Balaban J connectivity index is 2.45. The topological polar surface area (TPSA) is 55.8 Å². The highest BCUT2D eigenvalue weighted by Gasteiger charge is 2.32. The second-order valence-electron chi connectivity index (χ2n) is 3.55. The number of methoxy groups -OCH3 is 1. The van der Waals surface area contributed by atoms with Crippen molar-refractivity contribution in [3.05, 3.63) is 0 Å². The van der Waals surface area contributed by atoms with E-state index in [2.05, 4.69) is 0 Å². The minimum absolute atomic E-state index is 0.00436. The van der Waals surface area contributed by atoms with Crippen LogP contribution < -0.4 is 0 Å². The van der Waals surface area contributed by atoms with Crippen molar-refractivity contribution in [1.29, 1.82) is 0 Å². The molecule has 4 heteroatoms. The van der Waals surface area contributed by atoms with Gasteiger partial charge in [0.15, 0.2) is 0 Å². The summed E-state index contributed by atoms with van der Waals surface area (Å²) in [5.74, 6) is -0.326. The van der Waals surface area contributed by atoms with E-state index in [1.54, 1.807) is 0 Å². The molecule has 14 heavy (non-hydrogen) atoms. The summed E-state index contributed by atoms with van der Waals surface area (Å²) in [5, 5.41) is 8.64. The van der Waals surface area contributed by atoms with Gasteiger partial charge in [0.25, 0.3) is 0 Å². The first-order chi connectivity index (χ1) is 6.79. The van der Waals surface area contributed by atoms with Crippen LogP contribution in [0.1, 0.15) is 25.7 Å². The van der Waals surface area contributed by atoms with Gasteiger partial charge in [-0.25, -0.2) is 0 Å². The maximum Gasteiger partial charge on any atom is 0.311 e.